The molecule has 1 atom stereocenters. The Labute approximate surface area is 131 Å². The molecule has 0 radical (unpaired) electrons. The first-order valence-electron chi connectivity index (χ1n) is 7.64. The number of hydrogen-bond donors (Lipinski definition) is 0. The van der Waals surface area contributed by atoms with Crippen molar-refractivity contribution < 1.29 is 0 Å². The largest absolute Gasteiger partial charge is 0.103 e. The van der Waals surface area contributed by atoms with Gasteiger partial charge in [-0.25, -0.2) is 0 Å². The molecule has 0 saturated carbocycles. The van der Waals surface area contributed by atoms with Crippen LogP contribution in [0.4, 0.5) is 0 Å². The lowest BCUT2D eigenvalue weighted by atomic mass is 9.97. The second-order valence-electron chi connectivity index (χ2n) is 5.72. The van der Waals surface area contributed by atoms with Crippen LogP contribution in [0.1, 0.15) is 12.8 Å². The Morgan fingerprint density at radius 2 is 1.43 bits per heavy atom. The van der Waals surface area contributed by atoms with E-state index in [4.69, 9.17) is 0 Å². The van der Waals surface area contributed by atoms with Crippen LogP contribution in [0.15, 0.2) is 86.2 Å². The summed E-state index contributed by atoms with van der Waals surface area (Å²) in [5.74, 6) is 0.488. The highest BCUT2D eigenvalue weighted by Crippen LogP contribution is 2.39. The van der Waals surface area contributed by atoms with Crippen molar-refractivity contribution in [2.75, 3.05) is 0 Å². The van der Waals surface area contributed by atoms with E-state index in [0.29, 0.717) is 5.92 Å². The Morgan fingerprint density at radius 3 is 1.86 bits per heavy atom. The minimum absolute atomic E-state index is 0.488. The topological polar surface area (TPSA) is 0 Å². The van der Waals surface area contributed by atoms with Gasteiger partial charge in [0.25, 0.3) is 0 Å². The van der Waals surface area contributed by atoms with Crippen molar-refractivity contribution in [2.45, 2.75) is 31.0 Å². The Bertz CT molecular complexity index is 450. The molecular weight excluding hydrogens is 268 g/mol. The summed E-state index contributed by atoms with van der Waals surface area (Å²) < 4.78 is 0. The molecule has 112 valence electrons. The summed E-state index contributed by atoms with van der Waals surface area (Å²) >= 11 is 0. The minimum Gasteiger partial charge on any atom is -0.103 e. The van der Waals surface area contributed by atoms with Crippen LogP contribution < -0.4 is 0 Å². The second kappa shape index (κ2) is 8.63. The Balaban J connectivity index is 3.21. The van der Waals surface area contributed by atoms with E-state index in [2.05, 4.69) is 63.3 Å². The molecule has 1 rings (SSSR count). The zero-order valence-electron chi connectivity index (χ0n) is 13.2. The van der Waals surface area contributed by atoms with E-state index in [1.165, 1.54) is 10.8 Å². The maximum Gasteiger partial charge on any atom is 0.0973 e. The van der Waals surface area contributed by atoms with Gasteiger partial charge in [0.15, 0.2) is 0 Å². The number of rotatable bonds is 11. The van der Waals surface area contributed by atoms with Gasteiger partial charge < -0.3 is 0 Å². The highest BCUT2D eigenvalue weighted by molar-refractivity contribution is 6.88. The molecule has 0 nitrogen and oxygen atoms in total. The molecule has 21 heavy (non-hydrogen) atoms. The summed E-state index contributed by atoms with van der Waals surface area (Å²) in [5.41, 5.74) is 1.47. The van der Waals surface area contributed by atoms with Crippen LogP contribution in [0.25, 0.3) is 0 Å². The molecule has 0 aromatic rings. The van der Waals surface area contributed by atoms with Gasteiger partial charge in [-0.15, -0.1) is 32.9 Å². The Morgan fingerprint density at radius 1 is 0.857 bits per heavy atom. The van der Waals surface area contributed by atoms with E-state index in [0.717, 1.165) is 31.0 Å². The molecule has 0 N–H and O–H groups in total. The minimum atomic E-state index is -1.64. The smallest absolute Gasteiger partial charge is 0.0973 e. The first kappa shape index (κ1) is 17.4. The lowest BCUT2D eigenvalue weighted by molar-refractivity contribution is 0.769. The molecule has 1 unspecified atom stereocenters. The van der Waals surface area contributed by atoms with Crippen LogP contribution in [0.3, 0.4) is 0 Å². The molecule has 0 fully saturated rings. The average molecular weight is 297 g/mol. The normalized spacial score (nSPS) is 17.6. The fraction of sp³-hybridized carbons (Fsp3) is 0.300. The molecule has 0 aliphatic heterocycles. The molecule has 0 aromatic heterocycles. The molecule has 0 bridgehead atoms. The molecule has 0 amide bonds. The van der Waals surface area contributed by atoms with Crippen molar-refractivity contribution in [3.05, 3.63) is 86.2 Å². The third-order valence-corrected chi connectivity index (χ3v) is 8.96. The third kappa shape index (κ3) is 4.18. The Hall–Kier alpha value is -1.60. The lowest BCUT2D eigenvalue weighted by Crippen LogP contribution is -2.34. The van der Waals surface area contributed by atoms with E-state index >= 15 is 0 Å². The molecular formula is C20H28Si. The highest BCUT2D eigenvalue weighted by Gasteiger charge is 2.35. The van der Waals surface area contributed by atoms with Crippen molar-refractivity contribution in [1.82, 2.24) is 0 Å². The van der Waals surface area contributed by atoms with Gasteiger partial charge in [0.1, 0.15) is 0 Å². The highest BCUT2D eigenvalue weighted by atomic mass is 28.3. The maximum atomic E-state index is 3.98. The first-order valence-corrected chi connectivity index (χ1v) is 10.3. The fourth-order valence-electron chi connectivity index (χ4n) is 3.22. The zero-order chi connectivity index (χ0) is 15.7. The maximum absolute atomic E-state index is 3.98. The van der Waals surface area contributed by atoms with Gasteiger partial charge in [-0.1, -0.05) is 53.3 Å². The molecule has 1 aliphatic rings. The average Bonchev–Trinajstić information content (AvgIpc) is 2.84. The monoisotopic (exact) mass is 296 g/mol. The molecule has 1 aliphatic carbocycles. The zero-order valence-corrected chi connectivity index (χ0v) is 14.2. The summed E-state index contributed by atoms with van der Waals surface area (Å²) in [4.78, 5) is 0. The van der Waals surface area contributed by atoms with Crippen LogP contribution >= 0.6 is 0 Å². The summed E-state index contributed by atoms with van der Waals surface area (Å²) in [5, 5.41) is 1.53. The SMILES string of the molecule is C=CCC1=CC([Si](CC=C)(CC=C)CC=C)=CC1CC=C. The van der Waals surface area contributed by atoms with Crippen LogP contribution in [0.2, 0.25) is 18.1 Å². The van der Waals surface area contributed by atoms with Gasteiger partial charge >= 0.3 is 0 Å². The molecule has 1 heteroatoms. The van der Waals surface area contributed by atoms with Crippen molar-refractivity contribution in [1.29, 1.82) is 0 Å². The van der Waals surface area contributed by atoms with Crippen molar-refractivity contribution in [3.8, 4) is 0 Å². The predicted octanol–water partition coefficient (Wildman–Crippen LogP) is 6.17. The van der Waals surface area contributed by atoms with Crippen LogP contribution in [-0.4, -0.2) is 8.07 Å². The summed E-state index contributed by atoms with van der Waals surface area (Å²) in [6.45, 7) is 19.7. The molecule has 0 heterocycles. The van der Waals surface area contributed by atoms with Gasteiger partial charge in [-0.3, -0.25) is 0 Å². The molecule has 0 saturated heterocycles. The van der Waals surface area contributed by atoms with E-state index in [9.17, 15) is 0 Å². The predicted molar refractivity (Wildman–Crippen MR) is 100 cm³/mol. The van der Waals surface area contributed by atoms with Crippen molar-refractivity contribution in [3.63, 3.8) is 0 Å². The summed E-state index contributed by atoms with van der Waals surface area (Å²) in [7, 11) is -1.64. The van der Waals surface area contributed by atoms with E-state index in [1.54, 1.807) is 0 Å². The van der Waals surface area contributed by atoms with Crippen LogP contribution in [0, 0.1) is 5.92 Å². The number of allylic oxidation sites excluding steroid dienone is 9. The summed E-state index contributed by atoms with van der Waals surface area (Å²) in [6, 6.07) is 3.24. The van der Waals surface area contributed by atoms with Gasteiger partial charge in [0.05, 0.1) is 8.07 Å². The van der Waals surface area contributed by atoms with Crippen molar-refractivity contribution in [2.24, 2.45) is 5.92 Å². The van der Waals surface area contributed by atoms with Gasteiger partial charge in [0, 0.05) is 5.92 Å². The van der Waals surface area contributed by atoms with Crippen molar-refractivity contribution >= 4 is 8.07 Å². The van der Waals surface area contributed by atoms with E-state index < -0.39 is 8.07 Å². The van der Waals surface area contributed by atoms with Gasteiger partial charge in [-0.05, 0) is 31.0 Å². The van der Waals surface area contributed by atoms with Gasteiger partial charge in [0.2, 0.25) is 0 Å². The fourth-order valence-corrected chi connectivity index (χ4v) is 7.13. The molecule has 0 spiro atoms. The summed E-state index contributed by atoms with van der Waals surface area (Å²) in [6.07, 6.45) is 17.1. The van der Waals surface area contributed by atoms with E-state index in [1.807, 2.05) is 12.2 Å². The first-order chi connectivity index (χ1) is 10.2. The standard InChI is InChI=1S/C20H28Si/c1-6-11-18-16-20(17-19(18)12-7-2)21(13-8-3,14-9-4)15-10-5/h6-10,16-18H,1-5,11-15H2. The van der Waals surface area contributed by atoms with Gasteiger partial charge in [-0.2, -0.15) is 0 Å². The molecule has 0 aromatic carbocycles. The third-order valence-electron chi connectivity index (χ3n) is 4.22. The lowest BCUT2D eigenvalue weighted by Gasteiger charge is -2.29. The van der Waals surface area contributed by atoms with Crippen LogP contribution in [0.5, 0.6) is 0 Å². The van der Waals surface area contributed by atoms with Crippen LogP contribution in [-0.2, 0) is 0 Å². The van der Waals surface area contributed by atoms with E-state index in [-0.39, 0.29) is 0 Å². The number of hydrogen-bond acceptors (Lipinski definition) is 0. The second-order valence-corrected chi connectivity index (χ2v) is 10.1. The Kier molecular flexibility index (Phi) is 7.17. The quantitative estimate of drug-likeness (QED) is 0.316.